The minimum Gasteiger partial charge on any atom is -0.378 e. The molecule has 108 valence electrons. The maximum atomic E-state index is 5.49. The second-order valence-corrected chi connectivity index (χ2v) is 4.89. The Kier molecular flexibility index (Phi) is 7.49. The normalized spacial score (nSPS) is 10.8. The second kappa shape index (κ2) is 8.92. The van der Waals surface area contributed by atoms with Gasteiger partial charge < -0.3 is 20.4 Å². The smallest absolute Gasteiger partial charge is 0.191 e. The quantitative estimate of drug-likeness (QED) is 0.198. The average Bonchev–Trinajstić information content (AvgIpc) is 2.41. The summed E-state index contributed by atoms with van der Waals surface area (Å²) >= 11 is 1.47. The first-order valence-electron chi connectivity index (χ1n) is 6.01. The van der Waals surface area contributed by atoms with Gasteiger partial charge in [-0.25, -0.2) is 15.8 Å². The van der Waals surface area contributed by atoms with Crippen LogP contribution in [0.25, 0.3) is 0 Å². The van der Waals surface area contributed by atoms with Gasteiger partial charge in [0.15, 0.2) is 5.16 Å². The first-order valence-corrected chi connectivity index (χ1v) is 7.24. The first kappa shape index (κ1) is 16.0. The lowest BCUT2D eigenvalue weighted by Crippen LogP contribution is -2.20. The predicted octanol–water partition coefficient (Wildman–Crippen LogP) is 0.474. The molecular formula is C11H22N6OS. The lowest BCUT2D eigenvalue weighted by atomic mass is 10.5. The monoisotopic (exact) mass is 286 g/mol. The lowest BCUT2D eigenvalue weighted by Gasteiger charge is -2.11. The molecule has 0 saturated heterocycles. The number of hydrogen-bond acceptors (Lipinski definition) is 8. The molecule has 1 aromatic rings. The first-order chi connectivity index (χ1) is 9.15. The summed E-state index contributed by atoms with van der Waals surface area (Å²) in [6.07, 6.45) is 1.92. The maximum absolute atomic E-state index is 5.49. The summed E-state index contributed by atoms with van der Waals surface area (Å²) in [6.45, 7) is 2.98. The van der Waals surface area contributed by atoms with Crippen molar-refractivity contribution in [2.45, 2.75) is 5.16 Å². The van der Waals surface area contributed by atoms with Crippen LogP contribution in [0.2, 0.25) is 0 Å². The van der Waals surface area contributed by atoms with E-state index in [2.05, 4.69) is 25.6 Å². The third kappa shape index (κ3) is 6.58. The van der Waals surface area contributed by atoms with E-state index in [1.165, 1.54) is 11.8 Å². The second-order valence-electron chi connectivity index (χ2n) is 4.11. The molecule has 0 aliphatic rings. The third-order valence-corrected chi connectivity index (χ3v) is 2.82. The van der Waals surface area contributed by atoms with Crippen molar-refractivity contribution in [2.24, 2.45) is 5.84 Å². The maximum Gasteiger partial charge on any atom is 0.191 e. The molecule has 19 heavy (non-hydrogen) atoms. The van der Waals surface area contributed by atoms with Gasteiger partial charge in [-0.3, -0.25) is 0 Å². The summed E-state index contributed by atoms with van der Waals surface area (Å²) < 4.78 is 5.49. The van der Waals surface area contributed by atoms with Crippen LogP contribution in [-0.4, -0.2) is 61.5 Å². The highest BCUT2D eigenvalue weighted by molar-refractivity contribution is 7.98. The number of nitrogens with zero attached hydrogens (tertiary/aromatic N) is 3. The number of rotatable bonds is 9. The van der Waals surface area contributed by atoms with Gasteiger partial charge in [0.25, 0.3) is 0 Å². The summed E-state index contributed by atoms with van der Waals surface area (Å²) in [5.41, 5.74) is 2.52. The Morgan fingerprint density at radius 1 is 1.32 bits per heavy atom. The number of thioether (sulfide) groups is 1. The van der Waals surface area contributed by atoms with Gasteiger partial charge in [-0.1, -0.05) is 11.8 Å². The van der Waals surface area contributed by atoms with Crippen LogP contribution in [0.15, 0.2) is 11.2 Å². The Bertz CT molecular complexity index is 354. The van der Waals surface area contributed by atoms with Gasteiger partial charge in [0.05, 0.1) is 13.2 Å². The zero-order valence-electron chi connectivity index (χ0n) is 11.6. The van der Waals surface area contributed by atoms with Crippen LogP contribution >= 0.6 is 11.8 Å². The van der Waals surface area contributed by atoms with Crippen LogP contribution in [0.4, 0.5) is 11.6 Å². The molecule has 1 heterocycles. The molecule has 0 aliphatic heterocycles. The zero-order chi connectivity index (χ0) is 14.1. The number of nitrogen functional groups attached to an aromatic ring is 1. The number of nitrogens with two attached hydrogens (primary N) is 1. The molecule has 0 aromatic carbocycles. The van der Waals surface area contributed by atoms with E-state index in [4.69, 9.17) is 10.6 Å². The molecule has 7 nitrogen and oxygen atoms in total. The molecule has 1 aromatic heterocycles. The molecule has 0 fully saturated rings. The van der Waals surface area contributed by atoms with E-state index < -0.39 is 0 Å². The summed E-state index contributed by atoms with van der Waals surface area (Å²) in [4.78, 5) is 10.6. The molecule has 0 unspecified atom stereocenters. The van der Waals surface area contributed by atoms with E-state index in [0.29, 0.717) is 24.1 Å². The topological polar surface area (TPSA) is 88.3 Å². The minimum atomic E-state index is 0.593. The fourth-order valence-electron chi connectivity index (χ4n) is 1.28. The molecule has 0 aliphatic carbocycles. The fourth-order valence-corrected chi connectivity index (χ4v) is 1.66. The van der Waals surface area contributed by atoms with Crippen molar-refractivity contribution in [3.63, 3.8) is 0 Å². The van der Waals surface area contributed by atoms with Crippen LogP contribution in [0.3, 0.4) is 0 Å². The molecule has 1 rings (SSSR count). The van der Waals surface area contributed by atoms with Gasteiger partial charge in [0, 0.05) is 19.2 Å². The van der Waals surface area contributed by atoms with Crippen LogP contribution in [0.5, 0.6) is 0 Å². The highest BCUT2D eigenvalue weighted by atomic mass is 32.2. The van der Waals surface area contributed by atoms with Gasteiger partial charge >= 0.3 is 0 Å². The largest absolute Gasteiger partial charge is 0.378 e. The summed E-state index contributed by atoms with van der Waals surface area (Å²) in [7, 11) is 4.04. The van der Waals surface area contributed by atoms with Crippen molar-refractivity contribution < 1.29 is 4.74 Å². The van der Waals surface area contributed by atoms with Crippen molar-refractivity contribution in [1.82, 2.24) is 14.9 Å². The SMILES string of the molecule is CSc1nc(NN)cc(NCCOCCN(C)C)n1. The van der Waals surface area contributed by atoms with Gasteiger partial charge in [-0.2, -0.15) is 0 Å². The molecular weight excluding hydrogens is 264 g/mol. The lowest BCUT2D eigenvalue weighted by molar-refractivity contribution is 0.126. The molecule has 4 N–H and O–H groups in total. The number of likely N-dealkylation sites (N-methyl/N-ethyl adjacent to an activating group) is 1. The number of anilines is 2. The Labute approximate surface area is 118 Å². The Hall–Kier alpha value is -1.09. The molecule has 0 amide bonds. The van der Waals surface area contributed by atoms with Crippen LogP contribution in [0, 0.1) is 0 Å². The van der Waals surface area contributed by atoms with E-state index in [1.807, 2.05) is 20.4 Å². The molecule has 0 bridgehead atoms. The predicted molar refractivity (Wildman–Crippen MR) is 79.5 cm³/mol. The molecule has 8 heteroatoms. The Morgan fingerprint density at radius 3 is 2.68 bits per heavy atom. The van der Waals surface area contributed by atoms with Crippen molar-refractivity contribution in [2.75, 3.05) is 57.4 Å². The Balaban J connectivity index is 2.32. The highest BCUT2D eigenvalue weighted by Crippen LogP contribution is 2.16. The molecule has 0 radical (unpaired) electrons. The number of hydrazine groups is 1. The summed E-state index contributed by atoms with van der Waals surface area (Å²) in [5, 5.41) is 3.86. The minimum absolute atomic E-state index is 0.593. The summed E-state index contributed by atoms with van der Waals surface area (Å²) in [6, 6.07) is 1.76. The van der Waals surface area contributed by atoms with E-state index in [0.717, 1.165) is 19.0 Å². The standard InChI is InChI=1S/C11H22N6OS/c1-17(2)5-7-18-6-4-13-9-8-10(16-12)15-11(14-9)19-3/h8H,4-7,12H2,1-3H3,(H2,13,14,15,16). The van der Waals surface area contributed by atoms with Crippen molar-refractivity contribution in [1.29, 1.82) is 0 Å². The van der Waals surface area contributed by atoms with Gasteiger partial charge in [0.1, 0.15) is 11.6 Å². The van der Waals surface area contributed by atoms with E-state index >= 15 is 0 Å². The van der Waals surface area contributed by atoms with Gasteiger partial charge in [-0.05, 0) is 20.4 Å². The molecule has 0 atom stereocenters. The Morgan fingerprint density at radius 2 is 2.05 bits per heavy atom. The van der Waals surface area contributed by atoms with Gasteiger partial charge in [0.2, 0.25) is 0 Å². The molecule has 0 saturated carbocycles. The van der Waals surface area contributed by atoms with Crippen molar-refractivity contribution in [3.05, 3.63) is 6.07 Å². The summed E-state index contributed by atoms with van der Waals surface area (Å²) in [5.74, 6) is 6.69. The third-order valence-electron chi connectivity index (χ3n) is 2.27. The molecule has 0 spiro atoms. The highest BCUT2D eigenvalue weighted by Gasteiger charge is 2.02. The van der Waals surface area contributed by atoms with E-state index in [1.54, 1.807) is 6.07 Å². The number of aromatic nitrogens is 2. The van der Waals surface area contributed by atoms with Gasteiger partial charge in [-0.15, -0.1) is 0 Å². The average molecular weight is 286 g/mol. The van der Waals surface area contributed by atoms with Crippen LogP contribution in [-0.2, 0) is 4.74 Å². The zero-order valence-corrected chi connectivity index (χ0v) is 12.5. The van der Waals surface area contributed by atoms with Crippen molar-refractivity contribution >= 4 is 23.4 Å². The number of hydrogen-bond donors (Lipinski definition) is 3. The van der Waals surface area contributed by atoms with Crippen LogP contribution < -0.4 is 16.6 Å². The van der Waals surface area contributed by atoms with E-state index in [9.17, 15) is 0 Å². The number of ether oxygens (including phenoxy) is 1. The van der Waals surface area contributed by atoms with Crippen molar-refractivity contribution in [3.8, 4) is 0 Å². The number of nitrogens with one attached hydrogen (secondary N) is 2. The van der Waals surface area contributed by atoms with Crippen LogP contribution in [0.1, 0.15) is 0 Å². The fraction of sp³-hybridized carbons (Fsp3) is 0.636. The van der Waals surface area contributed by atoms with E-state index in [-0.39, 0.29) is 0 Å².